The van der Waals surface area contributed by atoms with Crippen molar-refractivity contribution in [2.45, 2.75) is 19.6 Å². The predicted molar refractivity (Wildman–Crippen MR) is 84.7 cm³/mol. The number of nitrogens with two attached hydrogens (primary N) is 1. The zero-order valence-electron chi connectivity index (χ0n) is 13.0. The minimum Gasteiger partial charge on any atom is -0.493 e. The van der Waals surface area contributed by atoms with Gasteiger partial charge in [-0.05, 0) is 31.2 Å². The van der Waals surface area contributed by atoms with Gasteiger partial charge in [0.2, 0.25) is 0 Å². The predicted octanol–water partition coefficient (Wildman–Crippen LogP) is 3.88. The molecular formula is C17H16F3N3O. The van der Waals surface area contributed by atoms with Crippen LogP contribution in [-0.4, -0.2) is 16.0 Å². The van der Waals surface area contributed by atoms with Crippen molar-refractivity contribution in [3.63, 3.8) is 0 Å². The molecule has 24 heavy (non-hydrogen) atoms. The van der Waals surface area contributed by atoms with Gasteiger partial charge in [0.25, 0.3) is 0 Å². The summed E-state index contributed by atoms with van der Waals surface area (Å²) in [5.41, 5.74) is 7.20. The molecule has 0 saturated carbocycles. The SMILES string of the molecule is CCOc1ccccc1-c1nc2ccc(C(F)(F)F)cn2c1CN. The van der Waals surface area contributed by atoms with E-state index in [2.05, 4.69) is 4.98 Å². The molecule has 0 fully saturated rings. The smallest absolute Gasteiger partial charge is 0.417 e. The summed E-state index contributed by atoms with van der Waals surface area (Å²) in [6.07, 6.45) is -3.40. The molecule has 2 heterocycles. The molecular weight excluding hydrogens is 319 g/mol. The van der Waals surface area contributed by atoms with E-state index in [-0.39, 0.29) is 6.54 Å². The minimum absolute atomic E-state index is 0.0538. The Balaban J connectivity index is 2.23. The van der Waals surface area contributed by atoms with Crippen molar-refractivity contribution in [2.75, 3.05) is 6.61 Å². The molecule has 0 unspecified atom stereocenters. The first kappa shape index (κ1) is 16.3. The normalized spacial score (nSPS) is 11.9. The first-order valence-corrected chi connectivity index (χ1v) is 7.46. The van der Waals surface area contributed by atoms with E-state index in [0.717, 1.165) is 12.3 Å². The average Bonchev–Trinajstić information content (AvgIpc) is 2.92. The maximum Gasteiger partial charge on any atom is 0.417 e. The molecule has 2 N–H and O–H groups in total. The molecule has 0 saturated heterocycles. The number of pyridine rings is 1. The number of hydrogen-bond donors (Lipinski definition) is 1. The van der Waals surface area contributed by atoms with E-state index in [9.17, 15) is 13.2 Å². The Bertz CT molecular complexity index is 871. The van der Waals surface area contributed by atoms with Crippen LogP contribution in [-0.2, 0) is 12.7 Å². The van der Waals surface area contributed by atoms with Crippen molar-refractivity contribution in [3.05, 3.63) is 53.9 Å². The lowest BCUT2D eigenvalue weighted by atomic mass is 10.1. The Morgan fingerprint density at radius 2 is 1.92 bits per heavy atom. The molecule has 4 nitrogen and oxygen atoms in total. The van der Waals surface area contributed by atoms with Crippen molar-refractivity contribution in [1.29, 1.82) is 0 Å². The van der Waals surface area contributed by atoms with Gasteiger partial charge in [-0.15, -0.1) is 0 Å². The number of nitrogens with zero attached hydrogens (tertiary/aromatic N) is 2. The number of alkyl halides is 3. The minimum atomic E-state index is -4.42. The second kappa shape index (κ2) is 6.16. The zero-order valence-corrected chi connectivity index (χ0v) is 13.0. The molecule has 0 aliphatic heterocycles. The zero-order chi connectivity index (χ0) is 17.3. The third-order valence-electron chi connectivity index (χ3n) is 3.68. The van der Waals surface area contributed by atoms with E-state index >= 15 is 0 Å². The summed E-state index contributed by atoms with van der Waals surface area (Å²) in [4.78, 5) is 4.46. The highest BCUT2D eigenvalue weighted by Gasteiger charge is 2.31. The highest BCUT2D eigenvalue weighted by molar-refractivity contribution is 5.72. The van der Waals surface area contributed by atoms with Gasteiger partial charge in [-0.1, -0.05) is 12.1 Å². The molecule has 0 aliphatic carbocycles. The summed E-state index contributed by atoms with van der Waals surface area (Å²) in [6.45, 7) is 2.39. The number of fused-ring (bicyclic) bond motifs is 1. The summed E-state index contributed by atoms with van der Waals surface area (Å²) in [5.74, 6) is 0.620. The summed E-state index contributed by atoms with van der Waals surface area (Å²) in [6, 6.07) is 9.62. The van der Waals surface area contributed by atoms with Crippen molar-refractivity contribution in [2.24, 2.45) is 5.73 Å². The van der Waals surface area contributed by atoms with Crippen molar-refractivity contribution >= 4 is 5.65 Å². The molecule has 3 rings (SSSR count). The molecule has 0 atom stereocenters. The largest absolute Gasteiger partial charge is 0.493 e. The van der Waals surface area contributed by atoms with E-state index in [1.54, 1.807) is 6.07 Å². The maximum atomic E-state index is 13.0. The van der Waals surface area contributed by atoms with E-state index in [1.807, 2.05) is 25.1 Å². The fraction of sp³-hybridized carbons (Fsp3) is 0.235. The lowest BCUT2D eigenvalue weighted by Gasteiger charge is -2.10. The highest BCUT2D eigenvalue weighted by atomic mass is 19.4. The van der Waals surface area contributed by atoms with Crippen LogP contribution in [0.2, 0.25) is 0 Å². The number of hydrogen-bond acceptors (Lipinski definition) is 3. The fourth-order valence-corrected chi connectivity index (χ4v) is 2.62. The number of benzene rings is 1. The highest BCUT2D eigenvalue weighted by Crippen LogP contribution is 2.34. The summed E-state index contributed by atoms with van der Waals surface area (Å²) < 4.78 is 45.9. The third-order valence-corrected chi connectivity index (χ3v) is 3.68. The van der Waals surface area contributed by atoms with Crippen molar-refractivity contribution < 1.29 is 17.9 Å². The number of para-hydroxylation sites is 1. The second-order valence-corrected chi connectivity index (χ2v) is 5.18. The molecule has 0 radical (unpaired) electrons. The first-order chi connectivity index (χ1) is 11.5. The van der Waals surface area contributed by atoms with Crippen molar-refractivity contribution in [3.8, 4) is 17.0 Å². The summed E-state index contributed by atoms with van der Waals surface area (Å²) >= 11 is 0. The van der Waals surface area contributed by atoms with Gasteiger partial charge in [0.05, 0.1) is 23.6 Å². The van der Waals surface area contributed by atoms with Crippen LogP contribution in [0.15, 0.2) is 42.6 Å². The van der Waals surface area contributed by atoms with Gasteiger partial charge in [0.15, 0.2) is 0 Å². The van der Waals surface area contributed by atoms with Gasteiger partial charge in [-0.25, -0.2) is 4.98 Å². The quantitative estimate of drug-likeness (QED) is 0.787. The molecule has 0 spiro atoms. The van der Waals surface area contributed by atoms with Gasteiger partial charge < -0.3 is 14.9 Å². The molecule has 2 aromatic heterocycles. The third kappa shape index (κ3) is 2.82. The van der Waals surface area contributed by atoms with Crippen LogP contribution in [0.1, 0.15) is 18.2 Å². The standard InChI is InChI=1S/C17H16F3N3O/c1-2-24-14-6-4-3-5-12(14)16-13(9-21)23-10-11(17(18,19)20)7-8-15(23)22-16/h3-8,10H,2,9,21H2,1H3. The van der Waals surface area contributed by atoms with Crippen LogP contribution in [0.4, 0.5) is 13.2 Å². The number of ether oxygens (including phenoxy) is 1. The maximum absolute atomic E-state index is 13.0. The van der Waals surface area contributed by atoms with E-state index in [0.29, 0.717) is 35.0 Å². The Labute approximate surface area is 136 Å². The first-order valence-electron chi connectivity index (χ1n) is 7.46. The molecule has 7 heteroatoms. The van der Waals surface area contributed by atoms with Crippen molar-refractivity contribution in [1.82, 2.24) is 9.38 Å². The molecule has 3 aromatic rings. The van der Waals surface area contributed by atoms with Gasteiger partial charge in [-0.3, -0.25) is 0 Å². The van der Waals surface area contributed by atoms with Crippen LogP contribution in [0.25, 0.3) is 16.9 Å². The van der Waals surface area contributed by atoms with Gasteiger partial charge in [0, 0.05) is 18.3 Å². The average molecular weight is 335 g/mol. The van der Waals surface area contributed by atoms with Gasteiger partial charge >= 0.3 is 6.18 Å². The van der Waals surface area contributed by atoms with Gasteiger partial charge in [-0.2, -0.15) is 13.2 Å². The topological polar surface area (TPSA) is 52.5 Å². The van der Waals surface area contributed by atoms with Crippen LogP contribution >= 0.6 is 0 Å². The number of rotatable bonds is 4. The Kier molecular flexibility index (Phi) is 4.19. The number of imidazole rings is 1. The van der Waals surface area contributed by atoms with E-state index < -0.39 is 11.7 Å². The monoisotopic (exact) mass is 335 g/mol. The molecule has 0 amide bonds. The Hall–Kier alpha value is -2.54. The van der Waals surface area contributed by atoms with Crippen LogP contribution in [0, 0.1) is 0 Å². The Morgan fingerprint density at radius 1 is 1.17 bits per heavy atom. The fourth-order valence-electron chi connectivity index (χ4n) is 2.62. The number of halogens is 3. The van der Waals surface area contributed by atoms with Gasteiger partial charge in [0.1, 0.15) is 11.4 Å². The van der Waals surface area contributed by atoms with Crippen LogP contribution < -0.4 is 10.5 Å². The lowest BCUT2D eigenvalue weighted by Crippen LogP contribution is -2.08. The van der Waals surface area contributed by atoms with E-state index in [4.69, 9.17) is 10.5 Å². The summed E-state index contributed by atoms with van der Waals surface area (Å²) in [7, 11) is 0. The molecule has 0 aliphatic rings. The summed E-state index contributed by atoms with van der Waals surface area (Å²) in [5, 5.41) is 0. The van der Waals surface area contributed by atoms with Crippen LogP contribution in [0.3, 0.4) is 0 Å². The number of aromatic nitrogens is 2. The lowest BCUT2D eigenvalue weighted by molar-refractivity contribution is -0.137. The van der Waals surface area contributed by atoms with Crippen LogP contribution in [0.5, 0.6) is 5.75 Å². The molecule has 0 bridgehead atoms. The molecule has 1 aromatic carbocycles. The Morgan fingerprint density at radius 3 is 2.58 bits per heavy atom. The van der Waals surface area contributed by atoms with E-state index in [1.165, 1.54) is 10.5 Å². The second-order valence-electron chi connectivity index (χ2n) is 5.18. The molecule has 126 valence electrons.